The molecule has 0 bridgehead atoms. The van der Waals surface area contributed by atoms with E-state index in [9.17, 15) is 14.4 Å². The molecule has 3 amide bonds. The molecule has 0 aromatic heterocycles. The van der Waals surface area contributed by atoms with Gasteiger partial charge in [0.1, 0.15) is 0 Å². The summed E-state index contributed by atoms with van der Waals surface area (Å²) in [5.41, 5.74) is 4.25. The molecule has 2 aromatic rings. The summed E-state index contributed by atoms with van der Waals surface area (Å²) in [5, 5.41) is 9.10. The number of nitrogens with zero attached hydrogens (tertiary/aromatic N) is 1. The number of nitrogens with one attached hydrogen (secondary N) is 3. The molecule has 170 valence electrons. The second-order valence-corrected chi connectivity index (χ2v) is 7.33. The van der Waals surface area contributed by atoms with Gasteiger partial charge in [0.15, 0.2) is 18.1 Å². The van der Waals surface area contributed by atoms with E-state index >= 15 is 0 Å². The molecule has 0 spiro atoms. The van der Waals surface area contributed by atoms with Crippen molar-refractivity contribution < 1.29 is 23.9 Å². The summed E-state index contributed by atoms with van der Waals surface area (Å²) in [6.45, 7) is 5.85. The number of methoxy groups -OCH3 is 1. The Balaban J connectivity index is 2.03. The lowest BCUT2D eigenvalue weighted by Gasteiger charge is -2.13. The third-order valence-corrected chi connectivity index (χ3v) is 4.24. The first-order valence-corrected chi connectivity index (χ1v) is 10.1. The Labute approximate surface area is 187 Å². The molecule has 2 aromatic carbocycles. The summed E-state index contributed by atoms with van der Waals surface area (Å²) in [5.74, 6) is -1.12. The summed E-state index contributed by atoms with van der Waals surface area (Å²) in [7, 11) is 1.47. The number of hydrogen-bond donors (Lipinski definition) is 3. The minimum atomic E-state index is -0.884. The lowest BCUT2D eigenvalue weighted by molar-refractivity contribution is -0.139. The quantitative estimate of drug-likeness (QED) is 0.314. The first-order chi connectivity index (χ1) is 15.3. The van der Waals surface area contributed by atoms with E-state index in [4.69, 9.17) is 9.47 Å². The van der Waals surface area contributed by atoms with Gasteiger partial charge >= 0.3 is 11.8 Å². The topological polar surface area (TPSA) is 118 Å². The highest BCUT2D eigenvalue weighted by Gasteiger charge is 2.14. The molecule has 0 unspecified atom stereocenters. The maximum atomic E-state index is 12.3. The van der Waals surface area contributed by atoms with Crippen LogP contribution >= 0.6 is 0 Å². The molecular formula is C23H28N4O5. The van der Waals surface area contributed by atoms with Gasteiger partial charge in [-0.3, -0.25) is 14.4 Å². The van der Waals surface area contributed by atoms with Gasteiger partial charge in [0.05, 0.1) is 13.3 Å². The number of para-hydroxylation sites is 2. The minimum absolute atomic E-state index is 0.217. The summed E-state index contributed by atoms with van der Waals surface area (Å²) < 4.78 is 11.0. The summed E-state index contributed by atoms with van der Waals surface area (Å²) in [6, 6.07) is 12.5. The molecule has 0 aliphatic heterocycles. The van der Waals surface area contributed by atoms with Crippen LogP contribution in [0.4, 0.5) is 5.69 Å². The van der Waals surface area contributed by atoms with Crippen molar-refractivity contribution in [3.05, 3.63) is 53.6 Å². The van der Waals surface area contributed by atoms with Crippen LogP contribution in [0, 0.1) is 12.8 Å². The second kappa shape index (κ2) is 12.1. The van der Waals surface area contributed by atoms with Crippen LogP contribution in [0.1, 0.15) is 25.0 Å². The van der Waals surface area contributed by atoms with Gasteiger partial charge in [-0.15, -0.1) is 0 Å². The smallest absolute Gasteiger partial charge is 0.329 e. The Morgan fingerprint density at radius 3 is 2.50 bits per heavy atom. The van der Waals surface area contributed by atoms with Gasteiger partial charge in [0, 0.05) is 17.8 Å². The highest BCUT2D eigenvalue weighted by molar-refractivity contribution is 6.35. The van der Waals surface area contributed by atoms with E-state index in [0.29, 0.717) is 23.5 Å². The largest absolute Gasteiger partial charge is 0.493 e. The average molecular weight is 441 g/mol. The maximum Gasteiger partial charge on any atom is 0.329 e. The number of benzene rings is 2. The molecule has 2 rings (SSSR count). The molecular weight excluding hydrogens is 412 g/mol. The molecule has 0 aliphatic carbocycles. The standard InChI is InChI=1S/C23H28N4O5/c1-15(2)12-24-22(29)23(30)27-25-13-17-9-7-11-19(31-4)21(17)32-14-20(28)26-18-10-6-5-8-16(18)3/h5-11,13,15H,12,14H2,1-4H3,(H,24,29)(H,26,28)(H,27,30)/b25-13-. The fraction of sp³-hybridized carbons (Fsp3) is 0.304. The van der Waals surface area contributed by atoms with Crippen molar-refractivity contribution in [3.63, 3.8) is 0 Å². The number of aryl methyl sites for hydroxylation is 1. The minimum Gasteiger partial charge on any atom is -0.493 e. The maximum absolute atomic E-state index is 12.3. The van der Waals surface area contributed by atoms with E-state index in [0.717, 1.165) is 5.56 Å². The van der Waals surface area contributed by atoms with E-state index in [1.54, 1.807) is 24.3 Å². The first-order valence-electron chi connectivity index (χ1n) is 10.1. The monoisotopic (exact) mass is 440 g/mol. The Bertz CT molecular complexity index is 988. The molecule has 3 N–H and O–H groups in total. The Kier molecular flexibility index (Phi) is 9.22. The van der Waals surface area contributed by atoms with Gasteiger partial charge in [0.25, 0.3) is 5.91 Å². The second-order valence-electron chi connectivity index (χ2n) is 7.33. The van der Waals surface area contributed by atoms with Crippen LogP contribution in [0.25, 0.3) is 0 Å². The van der Waals surface area contributed by atoms with Crippen LogP contribution in [0.15, 0.2) is 47.6 Å². The normalized spacial score (nSPS) is 10.7. The number of rotatable bonds is 9. The van der Waals surface area contributed by atoms with Crippen LogP contribution in [0.2, 0.25) is 0 Å². The van der Waals surface area contributed by atoms with Crippen LogP contribution < -0.4 is 25.5 Å². The fourth-order valence-electron chi connectivity index (χ4n) is 2.58. The van der Waals surface area contributed by atoms with Gasteiger partial charge in [-0.25, -0.2) is 5.43 Å². The van der Waals surface area contributed by atoms with Crippen molar-refractivity contribution >= 4 is 29.6 Å². The summed E-state index contributed by atoms with van der Waals surface area (Å²) in [4.78, 5) is 35.9. The lowest BCUT2D eigenvalue weighted by atomic mass is 10.2. The summed E-state index contributed by atoms with van der Waals surface area (Å²) >= 11 is 0. The third kappa shape index (κ3) is 7.42. The highest BCUT2D eigenvalue weighted by Crippen LogP contribution is 2.30. The Morgan fingerprint density at radius 2 is 1.81 bits per heavy atom. The molecule has 0 atom stereocenters. The number of carbonyl (C=O) groups is 3. The van der Waals surface area contributed by atoms with Crippen molar-refractivity contribution in [3.8, 4) is 11.5 Å². The van der Waals surface area contributed by atoms with Gasteiger partial charge in [0.2, 0.25) is 0 Å². The van der Waals surface area contributed by atoms with Gasteiger partial charge in [-0.1, -0.05) is 38.1 Å². The number of carbonyl (C=O) groups excluding carboxylic acids is 3. The number of amides is 3. The summed E-state index contributed by atoms with van der Waals surface area (Å²) in [6.07, 6.45) is 1.31. The molecule has 0 saturated carbocycles. The average Bonchev–Trinajstić information content (AvgIpc) is 2.77. The van der Waals surface area contributed by atoms with Gasteiger partial charge in [-0.2, -0.15) is 5.10 Å². The zero-order chi connectivity index (χ0) is 23.5. The van der Waals surface area contributed by atoms with Crippen LogP contribution in [0.3, 0.4) is 0 Å². The van der Waals surface area contributed by atoms with Crippen LogP contribution in [0.5, 0.6) is 11.5 Å². The van der Waals surface area contributed by atoms with Crippen LogP contribution in [-0.2, 0) is 14.4 Å². The first kappa shape index (κ1) is 24.4. The zero-order valence-corrected chi connectivity index (χ0v) is 18.6. The van der Waals surface area contributed by atoms with E-state index in [1.165, 1.54) is 13.3 Å². The molecule has 0 heterocycles. The Morgan fingerprint density at radius 1 is 1.06 bits per heavy atom. The van der Waals surface area contributed by atoms with Crippen molar-refractivity contribution in [2.45, 2.75) is 20.8 Å². The van der Waals surface area contributed by atoms with Gasteiger partial charge < -0.3 is 20.1 Å². The lowest BCUT2D eigenvalue weighted by Crippen LogP contribution is -2.39. The van der Waals surface area contributed by atoms with Crippen molar-refractivity contribution in [2.75, 3.05) is 25.6 Å². The third-order valence-electron chi connectivity index (χ3n) is 4.24. The number of ether oxygens (including phenoxy) is 2. The van der Waals surface area contributed by atoms with E-state index < -0.39 is 11.8 Å². The zero-order valence-electron chi connectivity index (χ0n) is 18.6. The number of hydrazone groups is 1. The number of anilines is 1. The number of hydrogen-bond acceptors (Lipinski definition) is 6. The fourth-order valence-corrected chi connectivity index (χ4v) is 2.58. The molecule has 0 radical (unpaired) electrons. The molecule has 9 heteroatoms. The molecule has 0 fully saturated rings. The van der Waals surface area contributed by atoms with E-state index in [2.05, 4.69) is 21.2 Å². The molecule has 32 heavy (non-hydrogen) atoms. The van der Waals surface area contributed by atoms with Crippen molar-refractivity contribution in [1.82, 2.24) is 10.7 Å². The van der Waals surface area contributed by atoms with Crippen molar-refractivity contribution in [2.24, 2.45) is 11.0 Å². The van der Waals surface area contributed by atoms with Crippen molar-refractivity contribution in [1.29, 1.82) is 0 Å². The predicted octanol–water partition coefficient (Wildman–Crippen LogP) is 2.24. The molecule has 9 nitrogen and oxygen atoms in total. The molecule has 0 saturated heterocycles. The van der Waals surface area contributed by atoms with Crippen LogP contribution in [-0.4, -0.2) is 44.2 Å². The van der Waals surface area contributed by atoms with E-state index in [1.807, 2.05) is 39.0 Å². The predicted molar refractivity (Wildman–Crippen MR) is 122 cm³/mol. The molecule has 0 aliphatic rings. The highest BCUT2D eigenvalue weighted by atomic mass is 16.5. The van der Waals surface area contributed by atoms with Gasteiger partial charge in [-0.05, 0) is 36.6 Å². The SMILES string of the molecule is COc1cccc(/C=N\NC(=O)C(=O)NCC(C)C)c1OCC(=O)Nc1ccccc1C. The van der Waals surface area contributed by atoms with E-state index in [-0.39, 0.29) is 24.2 Å². The Hall–Kier alpha value is -3.88.